The van der Waals surface area contributed by atoms with E-state index in [1.54, 1.807) is 7.05 Å². The molecule has 3 aromatic rings. The van der Waals surface area contributed by atoms with Crippen molar-refractivity contribution < 1.29 is 9.59 Å². The van der Waals surface area contributed by atoms with Gasteiger partial charge in [-0.3, -0.25) is 14.0 Å². The van der Waals surface area contributed by atoms with Gasteiger partial charge in [0.2, 0.25) is 11.8 Å². The molecule has 0 fully saturated rings. The van der Waals surface area contributed by atoms with Gasteiger partial charge in [-0.2, -0.15) is 0 Å². The van der Waals surface area contributed by atoms with E-state index in [4.69, 9.17) is 0 Å². The van der Waals surface area contributed by atoms with E-state index in [0.717, 1.165) is 28.2 Å². The molecule has 0 saturated heterocycles. The summed E-state index contributed by atoms with van der Waals surface area (Å²) in [5, 5.41) is 11.7. The second kappa shape index (κ2) is 8.60. The number of carbonyl (C=O) groups is 2. The molecule has 0 aliphatic carbocycles. The maximum absolute atomic E-state index is 12.5. The molecular formula is C20H24N6O2S. The number of benzene rings is 1. The molecule has 0 atom stereocenters. The molecule has 0 radical (unpaired) electrons. The van der Waals surface area contributed by atoms with Crippen LogP contribution >= 0.6 is 11.8 Å². The number of rotatable bonds is 6. The lowest BCUT2D eigenvalue weighted by Gasteiger charge is -2.18. The number of para-hydroxylation sites is 1. The summed E-state index contributed by atoms with van der Waals surface area (Å²) in [6.07, 6.45) is 0. The summed E-state index contributed by atoms with van der Waals surface area (Å²) in [5.74, 6) is 0.271. The third-order valence-electron chi connectivity index (χ3n) is 4.54. The summed E-state index contributed by atoms with van der Waals surface area (Å²) in [7, 11) is 1.62. The second-order valence-electron chi connectivity index (χ2n) is 7.01. The van der Waals surface area contributed by atoms with Crippen LogP contribution in [0.25, 0.3) is 5.78 Å². The molecule has 0 spiro atoms. The van der Waals surface area contributed by atoms with E-state index in [2.05, 4.69) is 20.5 Å². The van der Waals surface area contributed by atoms with Gasteiger partial charge in [0, 0.05) is 24.1 Å². The zero-order valence-electron chi connectivity index (χ0n) is 17.2. The number of hydrogen-bond donors (Lipinski definition) is 1. The van der Waals surface area contributed by atoms with Crippen molar-refractivity contribution in [2.45, 2.75) is 32.9 Å². The van der Waals surface area contributed by atoms with Crippen LogP contribution in [0.2, 0.25) is 0 Å². The average Bonchev–Trinajstić information content (AvgIpc) is 3.05. The SMILES string of the molecule is Cc1cc(C)n2c(SCC(=O)N(C)CC(=O)Nc3c(C)cccc3C)nnc2n1. The Hall–Kier alpha value is -2.94. The van der Waals surface area contributed by atoms with Gasteiger partial charge in [-0.1, -0.05) is 30.0 Å². The van der Waals surface area contributed by atoms with Crippen LogP contribution in [0.15, 0.2) is 29.4 Å². The fourth-order valence-corrected chi connectivity index (χ4v) is 3.95. The Balaban J connectivity index is 1.59. The normalized spacial score (nSPS) is 10.9. The number of likely N-dealkylation sites (N-methyl/N-ethyl adjacent to an activating group) is 1. The Bertz CT molecular complexity index is 1060. The van der Waals surface area contributed by atoms with E-state index in [-0.39, 0.29) is 24.1 Å². The van der Waals surface area contributed by atoms with Crippen LogP contribution in [0.3, 0.4) is 0 Å². The molecule has 0 unspecified atom stereocenters. The maximum Gasteiger partial charge on any atom is 0.256 e. The number of hydrogen-bond acceptors (Lipinski definition) is 6. The first kappa shape index (κ1) is 20.8. The molecule has 3 rings (SSSR count). The predicted molar refractivity (Wildman–Crippen MR) is 113 cm³/mol. The smallest absolute Gasteiger partial charge is 0.256 e. The Morgan fingerprint density at radius 1 is 1.14 bits per heavy atom. The Labute approximate surface area is 173 Å². The van der Waals surface area contributed by atoms with Gasteiger partial charge < -0.3 is 10.2 Å². The highest BCUT2D eigenvalue weighted by Gasteiger charge is 2.17. The Morgan fingerprint density at radius 2 is 1.83 bits per heavy atom. The van der Waals surface area contributed by atoms with Crippen molar-refractivity contribution in [2.24, 2.45) is 0 Å². The number of nitrogens with zero attached hydrogens (tertiary/aromatic N) is 5. The first-order valence-electron chi connectivity index (χ1n) is 9.18. The minimum atomic E-state index is -0.230. The van der Waals surface area contributed by atoms with Gasteiger partial charge in [0.15, 0.2) is 5.16 Å². The molecule has 8 nitrogen and oxygen atoms in total. The number of anilines is 1. The van der Waals surface area contributed by atoms with Crippen LogP contribution in [0.1, 0.15) is 22.5 Å². The number of aryl methyl sites for hydroxylation is 4. The van der Waals surface area contributed by atoms with Crippen molar-refractivity contribution in [2.75, 3.05) is 24.7 Å². The summed E-state index contributed by atoms with van der Waals surface area (Å²) < 4.78 is 1.82. The Morgan fingerprint density at radius 3 is 2.52 bits per heavy atom. The lowest BCUT2D eigenvalue weighted by molar-refractivity contribution is -0.131. The van der Waals surface area contributed by atoms with Crippen LogP contribution in [-0.2, 0) is 9.59 Å². The molecule has 9 heteroatoms. The van der Waals surface area contributed by atoms with Crippen molar-refractivity contribution in [3.63, 3.8) is 0 Å². The van der Waals surface area contributed by atoms with Gasteiger partial charge >= 0.3 is 0 Å². The molecule has 0 aliphatic heterocycles. The molecule has 1 aromatic carbocycles. The lowest BCUT2D eigenvalue weighted by atomic mass is 10.1. The van der Waals surface area contributed by atoms with Gasteiger partial charge in [0.1, 0.15) is 0 Å². The van der Waals surface area contributed by atoms with Crippen LogP contribution in [0, 0.1) is 27.7 Å². The van der Waals surface area contributed by atoms with Crippen molar-refractivity contribution in [3.8, 4) is 0 Å². The summed E-state index contributed by atoms with van der Waals surface area (Å²) >= 11 is 1.28. The van der Waals surface area contributed by atoms with E-state index in [1.165, 1.54) is 16.7 Å². The number of nitrogens with one attached hydrogen (secondary N) is 1. The third-order valence-corrected chi connectivity index (χ3v) is 5.45. The minimum Gasteiger partial charge on any atom is -0.336 e. The monoisotopic (exact) mass is 412 g/mol. The average molecular weight is 413 g/mol. The fourth-order valence-electron chi connectivity index (χ4n) is 3.02. The van der Waals surface area contributed by atoms with E-state index < -0.39 is 0 Å². The standard InChI is InChI=1S/C20H24N6O2S/c1-12-7-6-8-13(2)18(12)22-16(27)10-25(5)17(28)11-29-20-24-23-19-21-14(3)9-15(4)26(19)20/h6-9H,10-11H2,1-5H3,(H,22,27). The van der Waals surface area contributed by atoms with Gasteiger partial charge in [-0.15, -0.1) is 10.2 Å². The highest BCUT2D eigenvalue weighted by molar-refractivity contribution is 7.99. The molecular weight excluding hydrogens is 388 g/mol. The molecule has 0 saturated carbocycles. The Kier molecular flexibility index (Phi) is 6.17. The molecule has 1 N–H and O–H groups in total. The zero-order chi connectivity index (χ0) is 21.1. The number of aromatic nitrogens is 4. The molecule has 152 valence electrons. The van der Waals surface area contributed by atoms with Crippen molar-refractivity contribution in [3.05, 3.63) is 46.8 Å². The van der Waals surface area contributed by atoms with Gasteiger partial charge in [-0.25, -0.2) is 4.98 Å². The number of thioether (sulfide) groups is 1. The largest absolute Gasteiger partial charge is 0.336 e. The highest BCUT2D eigenvalue weighted by atomic mass is 32.2. The second-order valence-corrected chi connectivity index (χ2v) is 7.95. The van der Waals surface area contributed by atoms with Crippen LogP contribution < -0.4 is 5.32 Å². The van der Waals surface area contributed by atoms with E-state index in [0.29, 0.717) is 10.9 Å². The molecule has 2 heterocycles. The number of amides is 2. The summed E-state index contributed by atoms with van der Waals surface area (Å²) in [4.78, 5) is 30.6. The topological polar surface area (TPSA) is 92.5 Å². The fraction of sp³-hybridized carbons (Fsp3) is 0.350. The first-order valence-corrected chi connectivity index (χ1v) is 10.2. The number of fused-ring (bicyclic) bond motifs is 1. The van der Waals surface area contributed by atoms with Gasteiger partial charge in [-0.05, 0) is 44.9 Å². The first-order chi connectivity index (χ1) is 13.8. The number of carbonyl (C=O) groups excluding carboxylic acids is 2. The van der Waals surface area contributed by atoms with Gasteiger partial charge in [0.05, 0.1) is 12.3 Å². The van der Waals surface area contributed by atoms with E-state index >= 15 is 0 Å². The molecule has 0 aliphatic rings. The maximum atomic E-state index is 12.5. The minimum absolute atomic E-state index is 0.0203. The van der Waals surface area contributed by atoms with E-state index in [1.807, 2.05) is 56.4 Å². The summed E-state index contributed by atoms with van der Waals surface area (Å²) in [6.45, 7) is 7.70. The molecule has 2 amide bonds. The van der Waals surface area contributed by atoms with Crippen LogP contribution in [-0.4, -0.2) is 55.6 Å². The predicted octanol–water partition coefficient (Wildman–Crippen LogP) is 2.55. The zero-order valence-corrected chi connectivity index (χ0v) is 18.0. The van der Waals surface area contributed by atoms with Crippen LogP contribution in [0.4, 0.5) is 5.69 Å². The third kappa shape index (κ3) is 4.73. The quantitative estimate of drug-likeness (QED) is 0.626. The van der Waals surface area contributed by atoms with E-state index in [9.17, 15) is 9.59 Å². The molecule has 29 heavy (non-hydrogen) atoms. The molecule has 2 aromatic heterocycles. The van der Waals surface area contributed by atoms with Crippen molar-refractivity contribution in [1.29, 1.82) is 0 Å². The van der Waals surface area contributed by atoms with Gasteiger partial charge in [0.25, 0.3) is 5.78 Å². The lowest BCUT2D eigenvalue weighted by Crippen LogP contribution is -2.36. The summed E-state index contributed by atoms with van der Waals surface area (Å²) in [5.41, 5.74) is 4.58. The summed E-state index contributed by atoms with van der Waals surface area (Å²) in [6, 6.07) is 7.76. The highest BCUT2D eigenvalue weighted by Crippen LogP contribution is 2.20. The van der Waals surface area contributed by atoms with Crippen LogP contribution in [0.5, 0.6) is 0 Å². The van der Waals surface area contributed by atoms with Crippen molar-refractivity contribution >= 4 is 35.0 Å². The molecule has 0 bridgehead atoms. The van der Waals surface area contributed by atoms with Crippen molar-refractivity contribution in [1.82, 2.24) is 24.5 Å².